The van der Waals surface area contributed by atoms with Gasteiger partial charge in [-0.1, -0.05) is 81.4 Å². The van der Waals surface area contributed by atoms with Gasteiger partial charge in [-0.05, 0) is 21.8 Å². The van der Waals surface area contributed by atoms with Gasteiger partial charge in [0, 0.05) is 6.61 Å². The fraction of sp³-hybridized carbons (Fsp3) is 0.381. The van der Waals surface area contributed by atoms with Crippen LogP contribution in [0.2, 0.25) is 5.04 Å². The largest absolute Gasteiger partial charge is 0.407 e. The number of nitrogens with zero attached hydrogens (tertiary/aromatic N) is 1. The van der Waals surface area contributed by atoms with Crippen molar-refractivity contribution in [2.45, 2.75) is 32.2 Å². The van der Waals surface area contributed by atoms with Gasteiger partial charge < -0.3 is 9.16 Å². The van der Waals surface area contributed by atoms with E-state index in [4.69, 9.17) is 14.4 Å². The molecule has 25 heavy (non-hydrogen) atoms. The minimum atomic E-state index is -2.44. The van der Waals surface area contributed by atoms with E-state index < -0.39 is 8.32 Å². The van der Waals surface area contributed by atoms with Gasteiger partial charge in [0.25, 0.3) is 8.32 Å². The normalized spacial score (nSPS) is 11.9. The molecule has 0 unspecified atom stereocenters. The highest BCUT2D eigenvalue weighted by molar-refractivity contribution is 6.99. The van der Waals surface area contributed by atoms with Crippen LogP contribution in [0, 0.1) is 11.3 Å². The van der Waals surface area contributed by atoms with Crippen LogP contribution in [0.4, 0.5) is 0 Å². The summed E-state index contributed by atoms with van der Waals surface area (Å²) >= 11 is 0. The van der Waals surface area contributed by atoms with E-state index in [1.54, 1.807) is 0 Å². The molecule has 2 rings (SSSR count). The van der Waals surface area contributed by atoms with Crippen molar-refractivity contribution in [3.63, 3.8) is 0 Å². The van der Waals surface area contributed by atoms with Crippen LogP contribution in [0.25, 0.3) is 0 Å². The SMILES string of the molecule is CC(C)(C)[Si](OCCCOCC#N)(c1ccccc1)c1ccccc1. The van der Waals surface area contributed by atoms with Crippen LogP contribution >= 0.6 is 0 Å². The smallest absolute Gasteiger partial charge is 0.261 e. The molecule has 0 N–H and O–H groups in total. The first kappa shape index (κ1) is 19.4. The zero-order chi connectivity index (χ0) is 18.2. The molecular weight excluding hydrogens is 326 g/mol. The Morgan fingerprint density at radius 3 is 1.84 bits per heavy atom. The maximum Gasteiger partial charge on any atom is 0.261 e. The molecule has 0 aromatic heterocycles. The highest BCUT2D eigenvalue weighted by atomic mass is 28.4. The Balaban J connectivity index is 2.34. The van der Waals surface area contributed by atoms with Crippen molar-refractivity contribution in [3.05, 3.63) is 60.7 Å². The van der Waals surface area contributed by atoms with Gasteiger partial charge in [0.05, 0.1) is 12.7 Å². The van der Waals surface area contributed by atoms with Gasteiger partial charge in [-0.15, -0.1) is 0 Å². The van der Waals surface area contributed by atoms with Gasteiger partial charge in [-0.2, -0.15) is 5.26 Å². The Morgan fingerprint density at radius 2 is 1.40 bits per heavy atom. The highest BCUT2D eigenvalue weighted by Gasteiger charge is 2.49. The van der Waals surface area contributed by atoms with Gasteiger partial charge in [-0.3, -0.25) is 0 Å². The van der Waals surface area contributed by atoms with E-state index in [0.717, 1.165) is 6.42 Å². The average molecular weight is 354 g/mol. The number of benzene rings is 2. The Bertz CT molecular complexity index is 635. The Hall–Kier alpha value is -1.93. The van der Waals surface area contributed by atoms with Crippen molar-refractivity contribution in [2.24, 2.45) is 0 Å². The van der Waals surface area contributed by atoms with Crippen LogP contribution in [0.1, 0.15) is 27.2 Å². The average Bonchev–Trinajstić information content (AvgIpc) is 2.62. The fourth-order valence-electron chi connectivity index (χ4n) is 3.27. The third-order valence-electron chi connectivity index (χ3n) is 4.34. The molecule has 0 saturated carbocycles. The summed E-state index contributed by atoms with van der Waals surface area (Å²) in [6.45, 7) is 8.12. The van der Waals surface area contributed by atoms with E-state index in [0.29, 0.717) is 13.2 Å². The quantitative estimate of drug-likeness (QED) is 0.539. The molecule has 0 radical (unpaired) electrons. The van der Waals surface area contributed by atoms with E-state index in [2.05, 4.69) is 69.3 Å². The van der Waals surface area contributed by atoms with Crippen LogP contribution in [0.3, 0.4) is 0 Å². The van der Waals surface area contributed by atoms with Crippen LogP contribution in [-0.2, 0) is 9.16 Å². The monoisotopic (exact) mass is 353 g/mol. The first-order chi connectivity index (χ1) is 12.0. The topological polar surface area (TPSA) is 42.2 Å². The zero-order valence-corrected chi connectivity index (χ0v) is 16.4. The molecule has 0 aliphatic rings. The van der Waals surface area contributed by atoms with E-state index in [9.17, 15) is 0 Å². The summed E-state index contributed by atoms with van der Waals surface area (Å²) in [5.74, 6) is 0. The van der Waals surface area contributed by atoms with E-state index >= 15 is 0 Å². The highest BCUT2D eigenvalue weighted by Crippen LogP contribution is 2.36. The second kappa shape index (κ2) is 8.96. The lowest BCUT2D eigenvalue weighted by atomic mass is 10.2. The van der Waals surface area contributed by atoms with Crippen molar-refractivity contribution in [1.82, 2.24) is 0 Å². The Kier molecular flexibility index (Phi) is 6.95. The summed E-state index contributed by atoms with van der Waals surface area (Å²) in [5, 5.41) is 11.1. The van der Waals surface area contributed by atoms with Crippen molar-refractivity contribution in [3.8, 4) is 6.07 Å². The lowest BCUT2D eigenvalue weighted by Gasteiger charge is -2.43. The van der Waals surface area contributed by atoms with Gasteiger partial charge in [-0.25, -0.2) is 0 Å². The lowest BCUT2D eigenvalue weighted by molar-refractivity contribution is 0.144. The Labute approximate surface area is 152 Å². The number of hydrogen-bond donors (Lipinski definition) is 0. The Morgan fingerprint density at radius 1 is 0.880 bits per heavy atom. The predicted octanol–water partition coefficient (Wildman–Crippen LogP) is 3.49. The number of hydrogen-bond acceptors (Lipinski definition) is 3. The molecule has 2 aromatic carbocycles. The minimum absolute atomic E-state index is 0.0107. The van der Waals surface area contributed by atoms with E-state index in [1.165, 1.54) is 10.4 Å². The summed E-state index contributed by atoms with van der Waals surface area (Å²) in [4.78, 5) is 0. The van der Waals surface area contributed by atoms with E-state index in [1.807, 2.05) is 18.2 Å². The fourth-order valence-corrected chi connectivity index (χ4v) is 7.87. The lowest BCUT2D eigenvalue weighted by Crippen LogP contribution is -2.66. The van der Waals surface area contributed by atoms with Crippen LogP contribution in [0.15, 0.2) is 60.7 Å². The third kappa shape index (κ3) is 4.58. The minimum Gasteiger partial charge on any atom is -0.407 e. The molecule has 2 aromatic rings. The third-order valence-corrected chi connectivity index (χ3v) is 9.38. The molecule has 0 fully saturated rings. The van der Waals surface area contributed by atoms with Crippen molar-refractivity contribution in [1.29, 1.82) is 5.26 Å². The first-order valence-electron chi connectivity index (χ1n) is 8.72. The summed E-state index contributed by atoms with van der Waals surface area (Å²) in [6.07, 6.45) is 0.784. The van der Waals surface area contributed by atoms with Crippen molar-refractivity contribution in [2.75, 3.05) is 19.8 Å². The van der Waals surface area contributed by atoms with Crippen LogP contribution in [0.5, 0.6) is 0 Å². The van der Waals surface area contributed by atoms with E-state index in [-0.39, 0.29) is 11.6 Å². The summed E-state index contributed by atoms with van der Waals surface area (Å²) in [5.41, 5.74) is 0. The molecule has 132 valence electrons. The van der Waals surface area contributed by atoms with Crippen molar-refractivity contribution < 1.29 is 9.16 Å². The zero-order valence-electron chi connectivity index (χ0n) is 15.4. The summed E-state index contributed by atoms with van der Waals surface area (Å²) < 4.78 is 12.0. The van der Waals surface area contributed by atoms with Gasteiger partial charge in [0.2, 0.25) is 0 Å². The van der Waals surface area contributed by atoms with Gasteiger partial charge in [0.1, 0.15) is 6.61 Å². The second-order valence-corrected chi connectivity index (χ2v) is 11.4. The predicted molar refractivity (Wildman–Crippen MR) is 105 cm³/mol. The molecule has 0 spiro atoms. The first-order valence-corrected chi connectivity index (χ1v) is 10.6. The molecule has 0 bridgehead atoms. The molecule has 0 heterocycles. The van der Waals surface area contributed by atoms with Gasteiger partial charge in [0.15, 0.2) is 0 Å². The van der Waals surface area contributed by atoms with Crippen LogP contribution in [-0.4, -0.2) is 28.1 Å². The molecule has 3 nitrogen and oxygen atoms in total. The number of rotatable bonds is 8. The molecule has 0 atom stereocenters. The maximum atomic E-state index is 8.56. The maximum absolute atomic E-state index is 8.56. The summed E-state index contributed by atoms with van der Waals surface area (Å²) in [6, 6.07) is 23.2. The molecule has 0 aliphatic carbocycles. The van der Waals surface area contributed by atoms with Crippen molar-refractivity contribution >= 4 is 18.7 Å². The molecule has 0 amide bonds. The van der Waals surface area contributed by atoms with Crippen LogP contribution < -0.4 is 10.4 Å². The molecule has 0 saturated heterocycles. The molecule has 0 aliphatic heterocycles. The number of ether oxygens (including phenoxy) is 1. The summed E-state index contributed by atoms with van der Waals surface area (Å²) in [7, 11) is -2.44. The van der Waals surface area contributed by atoms with Gasteiger partial charge >= 0.3 is 0 Å². The number of nitriles is 1. The molecular formula is C21H27NO2Si. The standard InChI is InChI=1S/C21H27NO2Si/c1-21(2,3)25(19-11-6-4-7-12-19,20-13-8-5-9-14-20)24-17-10-16-23-18-15-22/h4-9,11-14H,10,16-18H2,1-3H3. The molecule has 4 heteroatoms. The second-order valence-electron chi connectivity index (χ2n) is 7.08.